The first-order chi connectivity index (χ1) is 13.5. The van der Waals surface area contributed by atoms with Crippen LogP contribution in [0.1, 0.15) is 31.8 Å². The summed E-state index contributed by atoms with van der Waals surface area (Å²) in [5, 5.41) is 7.36. The molecule has 0 aliphatic heterocycles. The molecule has 0 atom stereocenters. The Kier molecular flexibility index (Phi) is 6.19. The molecule has 0 saturated heterocycles. The molecule has 5 nitrogen and oxygen atoms in total. The Hall–Kier alpha value is -3.44. The molecule has 0 aliphatic carbocycles. The molecule has 2 amide bonds. The quantitative estimate of drug-likeness (QED) is 0.490. The van der Waals surface area contributed by atoms with Crippen molar-refractivity contribution < 1.29 is 9.59 Å². The maximum absolute atomic E-state index is 12.5. The molecule has 0 saturated carbocycles. The van der Waals surface area contributed by atoms with Crippen molar-refractivity contribution in [2.75, 3.05) is 5.32 Å². The highest BCUT2D eigenvalue weighted by molar-refractivity contribution is 6.30. The van der Waals surface area contributed by atoms with Gasteiger partial charge in [-0.25, -0.2) is 5.43 Å². The molecular weight excluding hydrogens is 374 g/mol. The smallest absolute Gasteiger partial charge is 0.273 e. The fraction of sp³-hybridized carbons (Fsp3) is 0.0455. The van der Waals surface area contributed by atoms with Crippen LogP contribution in [-0.2, 0) is 0 Å². The Morgan fingerprint density at radius 2 is 1.68 bits per heavy atom. The summed E-state index contributed by atoms with van der Waals surface area (Å²) < 4.78 is 0. The van der Waals surface area contributed by atoms with E-state index in [1.54, 1.807) is 60.7 Å². The number of nitrogens with zero attached hydrogens (tertiary/aromatic N) is 1. The monoisotopic (exact) mass is 391 g/mol. The van der Waals surface area contributed by atoms with Crippen molar-refractivity contribution in [1.82, 2.24) is 5.43 Å². The second-order valence-electron chi connectivity index (χ2n) is 6.12. The van der Waals surface area contributed by atoms with Gasteiger partial charge in [-0.05, 0) is 48.9 Å². The molecule has 0 radical (unpaired) electrons. The zero-order chi connectivity index (χ0) is 19.9. The van der Waals surface area contributed by atoms with Crippen LogP contribution in [0.4, 0.5) is 5.69 Å². The molecule has 3 aromatic carbocycles. The second-order valence-corrected chi connectivity index (χ2v) is 6.56. The lowest BCUT2D eigenvalue weighted by atomic mass is 10.1. The average Bonchev–Trinajstić information content (AvgIpc) is 2.70. The number of amides is 2. The third-order valence-electron chi connectivity index (χ3n) is 3.95. The van der Waals surface area contributed by atoms with Gasteiger partial charge in [0.1, 0.15) is 0 Å². The van der Waals surface area contributed by atoms with Crippen molar-refractivity contribution in [1.29, 1.82) is 0 Å². The third kappa shape index (κ3) is 5.05. The summed E-state index contributed by atoms with van der Waals surface area (Å²) in [6, 6.07) is 21.1. The van der Waals surface area contributed by atoms with E-state index in [4.69, 9.17) is 11.6 Å². The average molecular weight is 392 g/mol. The molecule has 0 aliphatic rings. The minimum Gasteiger partial charge on any atom is -0.321 e. The lowest BCUT2D eigenvalue weighted by Crippen LogP contribution is -2.21. The summed E-state index contributed by atoms with van der Waals surface area (Å²) in [5.41, 5.74) is 5.50. The third-order valence-corrected chi connectivity index (χ3v) is 4.20. The second kappa shape index (κ2) is 8.97. The van der Waals surface area contributed by atoms with Crippen LogP contribution < -0.4 is 10.7 Å². The number of carbonyl (C=O) groups excluding carboxylic acids is 2. The molecule has 0 heterocycles. The molecule has 0 unspecified atom stereocenters. The van der Waals surface area contributed by atoms with E-state index in [1.165, 1.54) is 6.21 Å². The van der Waals surface area contributed by atoms with Crippen LogP contribution in [-0.4, -0.2) is 18.0 Å². The minimum atomic E-state index is -0.426. The molecule has 0 spiro atoms. The van der Waals surface area contributed by atoms with Crippen LogP contribution in [0.2, 0.25) is 5.02 Å². The number of rotatable bonds is 5. The summed E-state index contributed by atoms with van der Waals surface area (Å²) in [6.45, 7) is 1.91. The highest BCUT2D eigenvalue weighted by Gasteiger charge is 2.13. The zero-order valence-corrected chi connectivity index (χ0v) is 15.9. The van der Waals surface area contributed by atoms with E-state index in [1.807, 2.05) is 19.1 Å². The van der Waals surface area contributed by atoms with Gasteiger partial charge in [0.15, 0.2) is 0 Å². The van der Waals surface area contributed by atoms with Crippen molar-refractivity contribution in [3.63, 3.8) is 0 Å². The van der Waals surface area contributed by atoms with Crippen LogP contribution in [0.3, 0.4) is 0 Å². The van der Waals surface area contributed by atoms with Gasteiger partial charge in [-0.2, -0.15) is 5.10 Å². The van der Waals surface area contributed by atoms with E-state index in [0.29, 0.717) is 21.8 Å². The number of hydrogen-bond acceptors (Lipinski definition) is 3. The van der Waals surface area contributed by atoms with E-state index in [2.05, 4.69) is 15.8 Å². The summed E-state index contributed by atoms with van der Waals surface area (Å²) in [6.07, 6.45) is 1.52. The molecule has 3 rings (SSSR count). The number of anilines is 1. The minimum absolute atomic E-state index is 0.284. The van der Waals surface area contributed by atoms with Gasteiger partial charge in [0.25, 0.3) is 11.8 Å². The van der Waals surface area contributed by atoms with Gasteiger partial charge in [0, 0.05) is 10.6 Å². The van der Waals surface area contributed by atoms with Crippen molar-refractivity contribution in [2.45, 2.75) is 6.92 Å². The van der Waals surface area contributed by atoms with Gasteiger partial charge in [-0.1, -0.05) is 53.6 Å². The SMILES string of the molecule is Cc1cccc(C(=O)Nc2ccccc2C(=O)N/N=C\c2ccc(Cl)cc2)c1. The summed E-state index contributed by atoms with van der Waals surface area (Å²) in [5.74, 6) is -0.709. The van der Waals surface area contributed by atoms with Crippen LogP contribution in [0.5, 0.6) is 0 Å². The molecule has 28 heavy (non-hydrogen) atoms. The Morgan fingerprint density at radius 1 is 0.929 bits per heavy atom. The largest absolute Gasteiger partial charge is 0.321 e. The van der Waals surface area contributed by atoms with Gasteiger partial charge in [-0.15, -0.1) is 0 Å². The summed E-state index contributed by atoms with van der Waals surface area (Å²) in [4.78, 5) is 25.0. The van der Waals surface area contributed by atoms with E-state index >= 15 is 0 Å². The van der Waals surface area contributed by atoms with E-state index in [0.717, 1.165) is 11.1 Å². The first-order valence-electron chi connectivity index (χ1n) is 8.59. The Labute approximate surface area is 168 Å². The van der Waals surface area contributed by atoms with Gasteiger partial charge in [0.2, 0.25) is 0 Å². The molecule has 6 heteroatoms. The fourth-order valence-corrected chi connectivity index (χ4v) is 2.67. The van der Waals surface area contributed by atoms with Gasteiger partial charge >= 0.3 is 0 Å². The van der Waals surface area contributed by atoms with E-state index in [-0.39, 0.29) is 5.91 Å². The molecule has 0 fully saturated rings. The van der Waals surface area contributed by atoms with Crippen molar-refractivity contribution >= 4 is 35.3 Å². The fourth-order valence-electron chi connectivity index (χ4n) is 2.55. The first kappa shape index (κ1) is 19.3. The first-order valence-corrected chi connectivity index (χ1v) is 8.97. The lowest BCUT2D eigenvalue weighted by Gasteiger charge is -2.10. The number of halogens is 1. The maximum Gasteiger partial charge on any atom is 0.273 e. The predicted octanol–water partition coefficient (Wildman–Crippen LogP) is 4.66. The van der Waals surface area contributed by atoms with E-state index in [9.17, 15) is 9.59 Å². The van der Waals surface area contributed by atoms with Gasteiger partial charge in [0.05, 0.1) is 17.5 Å². The Balaban J connectivity index is 1.71. The number of aryl methyl sites for hydroxylation is 1. The topological polar surface area (TPSA) is 70.6 Å². The standard InChI is InChI=1S/C22H18ClN3O2/c1-15-5-4-6-17(13-15)21(27)25-20-8-3-2-7-19(20)22(28)26-24-14-16-9-11-18(23)12-10-16/h2-14H,1H3,(H,25,27)(H,26,28)/b24-14-. The van der Waals surface area contributed by atoms with Crippen LogP contribution in [0.15, 0.2) is 77.9 Å². The van der Waals surface area contributed by atoms with Crippen molar-refractivity contribution in [3.05, 3.63) is 100 Å². The molecule has 140 valence electrons. The number of hydrazone groups is 1. The summed E-state index contributed by atoms with van der Waals surface area (Å²) in [7, 11) is 0. The van der Waals surface area contributed by atoms with Gasteiger partial charge < -0.3 is 5.32 Å². The van der Waals surface area contributed by atoms with Crippen molar-refractivity contribution in [3.8, 4) is 0 Å². The molecule has 0 bridgehead atoms. The normalized spacial score (nSPS) is 10.6. The zero-order valence-electron chi connectivity index (χ0n) is 15.1. The highest BCUT2D eigenvalue weighted by Crippen LogP contribution is 2.17. The number of para-hydroxylation sites is 1. The molecular formula is C22H18ClN3O2. The van der Waals surface area contributed by atoms with Gasteiger partial charge in [-0.3, -0.25) is 9.59 Å². The number of hydrogen-bond donors (Lipinski definition) is 2. The van der Waals surface area contributed by atoms with E-state index < -0.39 is 5.91 Å². The molecule has 3 aromatic rings. The Bertz CT molecular complexity index is 1030. The number of nitrogens with one attached hydrogen (secondary N) is 2. The predicted molar refractivity (Wildman–Crippen MR) is 112 cm³/mol. The van der Waals surface area contributed by atoms with Crippen molar-refractivity contribution in [2.24, 2.45) is 5.10 Å². The number of carbonyl (C=O) groups is 2. The van der Waals surface area contributed by atoms with Crippen LogP contribution >= 0.6 is 11.6 Å². The highest BCUT2D eigenvalue weighted by atomic mass is 35.5. The molecule has 0 aromatic heterocycles. The van der Waals surface area contributed by atoms with Crippen LogP contribution in [0.25, 0.3) is 0 Å². The Morgan fingerprint density at radius 3 is 2.43 bits per heavy atom. The lowest BCUT2D eigenvalue weighted by molar-refractivity contribution is 0.0956. The summed E-state index contributed by atoms with van der Waals surface area (Å²) >= 11 is 5.84. The number of benzene rings is 3. The van der Waals surface area contributed by atoms with Crippen LogP contribution in [0, 0.1) is 6.92 Å². The molecule has 2 N–H and O–H groups in total. The maximum atomic E-state index is 12.5.